The highest BCUT2D eigenvalue weighted by atomic mass is 32.1. The van der Waals surface area contributed by atoms with Crippen LogP contribution >= 0.6 is 11.3 Å². The maximum atomic E-state index is 13.6. The summed E-state index contributed by atoms with van der Waals surface area (Å²) in [6, 6.07) is 24.5. The summed E-state index contributed by atoms with van der Waals surface area (Å²) in [6.07, 6.45) is 0. The highest BCUT2D eigenvalue weighted by Crippen LogP contribution is 2.42. The quantitative estimate of drug-likeness (QED) is 0.522. The number of rotatable bonds is 3. The fraction of sp³-hybridized carbons (Fsp3) is 0.125. The second-order valence-corrected chi connectivity index (χ2v) is 8.34. The maximum Gasteiger partial charge on any atom is 0.254 e. The minimum absolute atomic E-state index is 0.0801. The van der Waals surface area contributed by atoms with Crippen LogP contribution in [0.5, 0.6) is 0 Å². The minimum Gasteiger partial charge on any atom is -0.334 e. The van der Waals surface area contributed by atoms with Crippen LogP contribution in [0.15, 0.2) is 78.9 Å². The fourth-order valence-corrected chi connectivity index (χ4v) is 5.00. The number of nitrogens with one attached hydrogen (secondary N) is 1. The smallest absolute Gasteiger partial charge is 0.254 e. The highest BCUT2D eigenvalue weighted by Gasteiger charge is 2.42. The number of fused-ring (bicyclic) bond motifs is 2. The van der Waals surface area contributed by atoms with Crippen molar-refractivity contribution in [2.75, 3.05) is 12.4 Å². The molecule has 5 rings (SSSR count). The van der Waals surface area contributed by atoms with Crippen molar-refractivity contribution < 1.29 is 9.59 Å². The second-order valence-electron chi connectivity index (χ2n) is 7.31. The molecule has 0 radical (unpaired) electrons. The normalized spacial score (nSPS) is 18.3. The Morgan fingerprint density at radius 3 is 2.47 bits per heavy atom. The molecule has 2 heterocycles. The maximum absolute atomic E-state index is 13.6. The zero-order valence-corrected chi connectivity index (χ0v) is 17.1. The van der Waals surface area contributed by atoms with Gasteiger partial charge in [0, 0.05) is 12.6 Å². The van der Waals surface area contributed by atoms with Crippen LogP contribution in [0.1, 0.15) is 33.4 Å². The van der Waals surface area contributed by atoms with Gasteiger partial charge in [-0.25, -0.2) is 4.98 Å². The van der Waals surface area contributed by atoms with Gasteiger partial charge in [-0.3, -0.25) is 9.59 Å². The van der Waals surface area contributed by atoms with Crippen molar-refractivity contribution in [1.82, 2.24) is 9.88 Å². The van der Waals surface area contributed by atoms with Gasteiger partial charge in [0.2, 0.25) is 5.91 Å². The lowest BCUT2D eigenvalue weighted by Crippen LogP contribution is -2.44. The molecule has 30 heavy (non-hydrogen) atoms. The molecule has 6 heteroatoms. The number of nitrogens with zero attached hydrogens (tertiary/aromatic N) is 2. The largest absolute Gasteiger partial charge is 0.334 e. The number of likely N-dealkylation sites (N-methyl/N-ethyl adjacent to an activating group) is 1. The summed E-state index contributed by atoms with van der Waals surface area (Å²) < 4.78 is 1.02. The molecule has 148 valence electrons. The van der Waals surface area contributed by atoms with Gasteiger partial charge in [-0.15, -0.1) is 0 Å². The van der Waals surface area contributed by atoms with Crippen LogP contribution in [0.4, 0.5) is 5.13 Å². The number of aromatic nitrogens is 1. The first kappa shape index (κ1) is 18.5. The van der Waals surface area contributed by atoms with Gasteiger partial charge in [-0.05, 0) is 29.3 Å². The van der Waals surface area contributed by atoms with Crippen LogP contribution in [-0.2, 0) is 4.79 Å². The summed E-state index contributed by atoms with van der Waals surface area (Å²) >= 11 is 1.45. The van der Waals surface area contributed by atoms with Gasteiger partial charge in [0.15, 0.2) is 5.13 Å². The van der Waals surface area contributed by atoms with Crippen LogP contribution in [-0.4, -0.2) is 28.7 Å². The molecule has 1 aliphatic rings. The first-order valence-corrected chi connectivity index (χ1v) is 10.5. The molecule has 0 spiro atoms. The van der Waals surface area contributed by atoms with E-state index in [1.807, 2.05) is 72.8 Å². The molecule has 1 N–H and O–H groups in total. The number of anilines is 1. The molecular weight excluding hydrogens is 394 g/mol. The first-order chi connectivity index (χ1) is 14.6. The molecule has 0 bridgehead atoms. The molecule has 3 aromatic carbocycles. The van der Waals surface area contributed by atoms with E-state index in [0.717, 1.165) is 21.3 Å². The van der Waals surface area contributed by atoms with Crippen molar-refractivity contribution in [3.8, 4) is 0 Å². The second kappa shape index (κ2) is 7.39. The third kappa shape index (κ3) is 3.06. The molecule has 0 aliphatic carbocycles. The third-order valence-electron chi connectivity index (χ3n) is 5.53. The number of carbonyl (C=O) groups excluding carboxylic acids is 2. The Morgan fingerprint density at radius 2 is 1.67 bits per heavy atom. The number of benzene rings is 3. The predicted octanol–water partition coefficient (Wildman–Crippen LogP) is 4.85. The zero-order chi connectivity index (χ0) is 20.7. The Balaban J connectivity index is 1.59. The Morgan fingerprint density at radius 1 is 0.967 bits per heavy atom. The standard InChI is InChI=1S/C24H19N3O2S/c1-27-21(15-9-3-2-4-10-15)20(16-11-5-6-12-17(16)23(27)29)22(28)26-24-25-18-13-7-8-14-19(18)30-24/h2-14,20-21H,1H3,(H,25,26,28)/t20-,21-/m0/s1. The average molecular weight is 414 g/mol. The van der Waals surface area contributed by atoms with E-state index in [2.05, 4.69) is 10.3 Å². The van der Waals surface area contributed by atoms with E-state index in [4.69, 9.17) is 0 Å². The van der Waals surface area contributed by atoms with Crippen molar-refractivity contribution in [2.24, 2.45) is 0 Å². The summed E-state index contributed by atoms with van der Waals surface area (Å²) in [5.74, 6) is -0.795. The number of para-hydroxylation sites is 1. The molecule has 0 saturated carbocycles. The van der Waals surface area contributed by atoms with Gasteiger partial charge >= 0.3 is 0 Å². The molecular formula is C24H19N3O2S. The van der Waals surface area contributed by atoms with E-state index in [0.29, 0.717) is 10.7 Å². The van der Waals surface area contributed by atoms with Crippen LogP contribution < -0.4 is 5.32 Å². The van der Waals surface area contributed by atoms with E-state index in [1.165, 1.54) is 11.3 Å². The predicted molar refractivity (Wildman–Crippen MR) is 119 cm³/mol. The van der Waals surface area contributed by atoms with Crippen molar-refractivity contribution in [1.29, 1.82) is 0 Å². The van der Waals surface area contributed by atoms with Gasteiger partial charge < -0.3 is 10.2 Å². The van der Waals surface area contributed by atoms with E-state index in [9.17, 15) is 9.59 Å². The molecule has 5 nitrogen and oxygen atoms in total. The molecule has 0 saturated heterocycles. The van der Waals surface area contributed by atoms with Crippen molar-refractivity contribution in [2.45, 2.75) is 12.0 Å². The first-order valence-electron chi connectivity index (χ1n) is 9.71. The van der Waals surface area contributed by atoms with Crippen LogP contribution in [0.25, 0.3) is 10.2 Å². The lowest BCUT2D eigenvalue weighted by atomic mass is 9.79. The number of amides is 2. The van der Waals surface area contributed by atoms with E-state index in [-0.39, 0.29) is 11.8 Å². The monoisotopic (exact) mass is 413 g/mol. The minimum atomic E-state index is -0.543. The van der Waals surface area contributed by atoms with Crippen molar-refractivity contribution in [3.05, 3.63) is 95.6 Å². The van der Waals surface area contributed by atoms with Crippen LogP contribution in [0, 0.1) is 0 Å². The molecule has 0 unspecified atom stereocenters. The van der Waals surface area contributed by atoms with Gasteiger partial charge in [-0.1, -0.05) is 72.0 Å². The third-order valence-corrected chi connectivity index (χ3v) is 6.48. The Kier molecular flexibility index (Phi) is 4.56. The number of thiazole rings is 1. The summed E-state index contributed by atoms with van der Waals surface area (Å²) in [7, 11) is 1.76. The van der Waals surface area contributed by atoms with E-state index < -0.39 is 12.0 Å². The van der Waals surface area contributed by atoms with Crippen LogP contribution in [0.3, 0.4) is 0 Å². The summed E-state index contributed by atoms with van der Waals surface area (Å²) in [6.45, 7) is 0. The lowest BCUT2D eigenvalue weighted by molar-refractivity contribution is -0.119. The van der Waals surface area contributed by atoms with E-state index >= 15 is 0 Å². The molecule has 2 atom stereocenters. The van der Waals surface area contributed by atoms with Gasteiger partial charge in [-0.2, -0.15) is 0 Å². The van der Waals surface area contributed by atoms with Crippen molar-refractivity contribution in [3.63, 3.8) is 0 Å². The Bertz CT molecular complexity index is 1220. The molecule has 1 aliphatic heterocycles. The SMILES string of the molecule is CN1C(=O)c2ccccc2[C@H](C(=O)Nc2nc3ccccc3s2)[C@@H]1c1ccccc1. The highest BCUT2D eigenvalue weighted by molar-refractivity contribution is 7.22. The average Bonchev–Trinajstić information content (AvgIpc) is 3.18. The Hall–Kier alpha value is -3.51. The molecule has 2 amide bonds. The molecule has 4 aromatic rings. The van der Waals surface area contributed by atoms with E-state index in [1.54, 1.807) is 18.0 Å². The topological polar surface area (TPSA) is 62.3 Å². The van der Waals surface area contributed by atoms with Gasteiger partial charge in [0.25, 0.3) is 5.91 Å². The molecule has 0 fully saturated rings. The fourth-order valence-electron chi connectivity index (χ4n) is 4.13. The van der Waals surface area contributed by atoms with Crippen molar-refractivity contribution >= 4 is 38.5 Å². The summed E-state index contributed by atoms with van der Waals surface area (Å²) in [5.41, 5.74) is 3.09. The number of hydrogen-bond acceptors (Lipinski definition) is 4. The van der Waals surface area contributed by atoms with Crippen LogP contribution in [0.2, 0.25) is 0 Å². The van der Waals surface area contributed by atoms with Gasteiger partial charge in [0.05, 0.1) is 22.2 Å². The summed E-state index contributed by atoms with van der Waals surface area (Å²) in [4.78, 5) is 32.8. The molecule has 1 aromatic heterocycles. The Labute approximate surface area is 178 Å². The summed E-state index contributed by atoms with van der Waals surface area (Å²) in [5, 5.41) is 3.57. The van der Waals surface area contributed by atoms with Gasteiger partial charge in [0.1, 0.15) is 0 Å². The number of carbonyl (C=O) groups is 2. The lowest BCUT2D eigenvalue weighted by Gasteiger charge is -2.39. The zero-order valence-electron chi connectivity index (χ0n) is 16.3. The number of hydrogen-bond donors (Lipinski definition) is 1.